The van der Waals surface area contributed by atoms with Crippen molar-refractivity contribution in [1.82, 2.24) is 9.38 Å². The Morgan fingerprint density at radius 1 is 1.57 bits per heavy atom. The lowest BCUT2D eigenvalue weighted by atomic mass is 10.3. The SMILES string of the molecule is CC(=O)c1nc2c(C)cccn2c1Br. The maximum Gasteiger partial charge on any atom is 0.180 e. The molecule has 0 fully saturated rings. The smallest absolute Gasteiger partial charge is 0.180 e. The van der Waals surface area contributed by atoms with E-state index in [0.717, 1.165) is 15.8 Å². The summed E-state index contributed by atoms with van der Waals surface area (Å²) < 4.78 is 2.59. The summed E-state index contributed by atoms with van der Waals surface area (Å²) in [6.07, 6.45) is 1.88. The van der Waals surface area contributed by atoms with E-state index in [1.54, 1.807) is 0 Å². The predicted octanol–water partition coefficient (Wildman–Crippen LogP) is 2.61. The number of imidazole rings is 1. The number of hydrogen-bond acceptors (Lipinski definition) is 2. The lowest BCUT2D eigenvalue weighted by molar-refractivity contribution is 0.101. The minimum absolute atomic E-state index is 0.0278. The third-order valence-corrected chi connectivity index (χ3v) is 2.88. The monoisotopic (exact) mass is 252 g/mol. The predicted molar refractivity (Wildman–Crippen MR) is 57.6 cm³/mol. The van der Waals surface area contributed by atoms with Crippen molar-refractivity contribution in [2.75, 3.05) is 0 Å². The van der Waals surface area contributed by atoms with Crippen LogP contribution in [0.4, 0.5) is 0 Å². The van der Waals surface area contributed by atoms with Gasteiger partial charge in [-0.2, -0.15) is 0 Å². The zero-order chi connectivity index (χ0) is 10.3. The van der Waals surface area contributed by atoms with Gasteiger partial charge in [-0.3, -0.25) is 9.20 Å². The molecule has 0 unspecified atom stereocenters. The molecule has 0 spiro atoms. The molecular weight excluding hydrogens is 244 g/mol. The number of rotatable bonds is 1. The van der Waals surface area contributed by atoms with Crippen LogP contribution in [0.5, 0.6) is 0 Å². The van der Waals surface area contributed by atoms with Crippen LogP contribution < -0.4 is 0 Å². The van der Waals surface area contributed by atoms with Crippen LogP contribution in [-0.2, 0) is 0 Å². The topological polar surface area (TPSA) is 34.4 Å². The lowest BCUT2D eigenvalue weighted by Crippen LogP contribution is -1.92. The highest BCUT2D eigenvalue weighted by Crippen LogP contribution is 2.21. The number of hydrogen-bond donors (Lipinski definition) is 0. The van der Waals surface area contributed by atoms with Crippen LogP contribution in [0, 0.1) is 6.92 Å². The van der Waals surface area contributed by atoms with Gasteiger partial charge in [0.1, 0.15) is 15.9 Å². The van der Waals surface area contributed by atoms with E-state index in [-0.39, 0.29) is 5.78 Å². The number of ketones is 1. The average molecular weight is 253 g/mol. The molecule has 2 heterocycles. The molecule has 2 aromatic rings. The van der Waals surface area contributed by atoms with Crippen LogP contribution in [0.15, 0.2) is 22.9 Å². The van der Waals surface area contributed by atoms with Gasteiger partial charge < -0.3 is 0 Å². The number of carbonyl (C=O) groups excluding carboxylic acids is 1. The van der Waals surface area contributed by atoms with Crippen molar-refractivity contribution in [3.05, 3.63) is 34.2 Å². The minimum atomic E-state index is -0.0278. The summed E-state index contributed by atoms with van der Waals surface area (Å²) in [5.74, 6) is -0.0278. The van der Waals surface area contributed by atoms with Crippen molar-refractivity contribution in [2.24, 2.45) is 0 Å². The molecule has 72 valence electrons. The van der Waals surface area contributed by atoms with Crippen molar-refractivity contribution in [1.29, 1.82) is 0 Å². The number of aryl methyl sites for hydroxylation is 1. The number of Topliss-reactive ketones (excluding diaryl/α,β-unsaturated/α-hetero) is 1. The normalized spacial score (nSPS) is 10.8. The maximum atomic E-state index is 11.2. The highest BCUT2D eigenvalue weighted by atomic mass is 79.9. The Morgan fingerprint density at radius 2 is 2.29 bits per heavy atom. The first-order valence-corrected chi connectivity index (χ1v) is 5.04. The molecule has 2 rings (SSSR count). The highest BCUT2D eigenvalue weighted by molar-refractivity contribution is 9.10. The summed E-state index contributed by atoms with van der Waals surface area (Å²) in [7, 11) is 0. The van der Waals surface area contributed by atoms with Crippen LogP contribution >= 0.6 is 15.9 Å². The Hall–Kier alpha value is -1.16. The van der Waals surface area contributed by atoms with Crippen LogP contribution in [0.25, 0.3) is 5.65 Å². The van der Waals surface area contributed by atoms with Crippen LogP contribution in [0.2, 0.25) is 0 Å². The third-order valence-electron chi connectivity index (χ3n) is 2.12. The van der Waals surface area contributed by atoms with Gasteiger partial charge in [0.2, 0.25) is 0 Å². The average Bonchev–Trinajstić information content (AvgIpc) is 2.46. The van der Waals surface area contributed by atoms with Crippen molar-refractivity contribution in [3.8, 4) is 0 Å². The fraction of sp³-hybridized carbons (Fsp3) is 0.200. The molecule has 0 N–H and O–H groups in total. The van der Waals surface area contributed by atoms with Gasteiger partial charge in [0, 0.05) is 13.1 Å². The van der Waals surface area contributed by atoms with E-state index in [1.807, 2.05) is 29.7 Å². The van der Waals surface area contributed by atoms with Gasteiger partial charge >= 0.3 is 0 Å². The molecule has 0 radical (unpaired) electrons. The number of pyridine rings is 1. The maximum absolute atomic E-state index is 11.2. The number of fused-ring (bicyclic) bond motifs is 1. The second-order valence-corrected chi connectivity index (χ2v) is 3.94. The standard InChI is InChI=1S/C10H9BrN2O/c1-6-4-3-5-13-9(11)8(7(2)14)12-10(6)13/h3-5H,1-2H3. The van der Waals surface area contributed by atoms with Gasteiger partial charge in [-0.15, -0.1) is 0 Å². The Bertz CT molecular complexity index is 516. The van der Waals surface area contributed by atoms with E-state index in [0.29, 0.717) is 5.69 Å². The molecule has 0 aliphatic rings. The van der Waals surface area contributed by atoms with Gasteiger partial charge in [0.25, 0.3) is 0 Å². The molecule has 0 saturated heterocycles. The number of carbonyl (C=O) groups is 1. The van der Waals surface area contributed by atoms with E-state index in [4.69, 9.17) is 0 Å². The first-order valence-electron chi connectivity index (χ1n) is 4.25. The second kappa shape index (κ2) is 3.20. The number of halogens is 1. The number of nitrogens with zero attached hydrogens (tertiary/aromatic N) is 2. The second-order valence-electron chi connectivity index (χ2n) is 3.19. The van der Waals surface area contributed by atoms with Crippen molar-refractivity contribution in [2.45, 2.75) is 13.8 Å². The summed E-state index contributed by atoms with van der Waals surface area (Å²) in [6.45, 7) is 3.49. The molecule has 0 atom stereocenters. The molecule has 0 aromatic carbocycles. The highest BCUT2D eigenvalue weighted by Gasteiger charge is 2.13. The van der Waals surface area contributed by atoms with E-state index < -0.39 is 0 Å². The van der Waals surface area contributed by atoms with E-state index in [2.05, 4.69) is 20.9 Å². The first-order chi connectivity index (χ1) is 6.61. The zero-order valence-electron chi connectivity index (χ0n) is 7.91. The summed E-state index contributed by atoms with van der Waals surface area (Å²) in [5.41, 5.74) is 2.37. The quantitative estimate of drug-likeness (QED) is 0.732. The molecule has 3 nitrogen and oxygen atoms in total. The van der Waals surface area contributed by atoms with Crippen molar-refractivity contribution < 1.29 is 4.79 Å². The van der Waals surface area contributed by atoms with Crippen LogP contribution in [0.3, 0.4) is 0 Å². The van der Waals surface area contributed by atoms with Gasteiger partial charge in [-0.1, -0.05) is 6.07 Å². The number of aromatic nitrogens is 2. The van der Waals surface area contributed by atoms with Gasteiger partial charge in [-0.25, -0.2) is 4.98 Å². The Morgan fingerprint density at radius 3 is 2.86 bits per heavy atom. The summed E-state index contributed by atoms with van der Waals surface area (Å²) in [6, 6.07) is 3.90. The molecule has 4 heteroatoms. The molecule has 14 heavy (non-hydrogen) atoms. The van der Waals surface area contributed by atoms with E-state index in [1.165, 1.54) is 6.92 Å². The van der Waals surface area contributed by atoms with Gasteiger partial charge in [-0.05, 0) is 34.5 Å². The molecule has 0 aliphatic carbocycles. The van der Waals surface area contributed by atoms with Gasteiger partial charge in [0.15, 0.2) is 5.78 Å². The van der Waals surface area contributed by atoms with E-state index in [9.17, 15) is 4.79 Å². The Kier molecular flexibility index (Phi) is 2.15. The molecule has 0 saturated carbocycles. The zero-order valence-corrected chi connectivity index (χ0v) is 9.50. The molecule has 0 amide bonds. The van der Waals surface area contributed by atoms with Crippen LogP contribution in [-0.4, -0.2) is 15.2 Å². The minimum Gasteiger partial charge on any atom is -0.293 e. The first kappa shape index (κ1) is 9.40. The van der Waals surface area contributed by atoms with E-state index >= 15 is 0 Å². The fourth-order valence-corrected chi connectivity index (χ4v) is 2.05. The van der Waals surface area contributed by atoms with Crippen molar-refractivity contribution in [3.63, 3.8) is 0 Å². The fourth-order valence-electron chi connectivity index (χ4n) is 1.40. The molecular formula is C10H9BrN2O. The summed E-state index contributed by atoms with van der Waals surface area (Å²) in [5, 5.41) is 0. The molecule has 2 aromatic heterocycles. The van der Waals surface area contributed by atoms with Crippen molar-refractivity contribution >= 4 is 27.4 Å². The Balaban J connectivity index is 2.86. The molecule has 0 bridgehead atoms. The largest absolute Gasteiger partial charge is 0.293 e. The van der Waals surface area contributed by atoms with Gasteiger partial charge in [0.05, 0.1) is 0 Å². The summed E-state index contributed by atoms with van der Waals surface area (Å²) in [4.78, 5) is 15.5. The Labute approximate surface area is 89.9 Å². The lowest BCUT2D eigenvalue weighted by Gasteiger charge is -1.96. The van der Waals surface area contributed by atoms with Crippen LogP contribution in [0.1, 0.15) is 23.0 Å². The summed E-state index contributed by atoms with van der Waals surface area (Å²) >= 11 is 3.37. The third kappa shape index (κ3) is 1.26. The molecule has 0 aliphatic heterocycles.